The third-order valence-corrected chi connectivity index (χ3v) is 2.46. The van der Waals surface area contributed by atoms with E-state index in [1.165, 1.54) is 0 Å². The second-order valence-electron chi connectivity index (χ2n) is 2.52. The van der Waals surface area contributed by atoms with E-state index >= 15 is 0 Å². The van der Waals surface area contributed by atoms with E-state index in [9.17, 15) is 4.39 Å². The molecular formula is C6H13Cl2FN2O. The highest BCUT2D eigenvalue weighted by molar-refractivity contribution is 6.48. The quantitative estimate of drug-likeness (QED) is 0.531. The molecule has 3 nitrogen and oxygen atoms in total. The van der Waals surface area contributed by atoms with Crippen molar-refractivity contribution in [3.05, 3.63) is 0 Å². The van der Waals surface area contributed by atoms with E-state index in [2.05, 4.69) is 5.32 Å². The number of halogens is 3. The third kappa shape index (κ3) is 3.03. The predicted octanol–water partition coefficient (Wildman–Crippen LogP) is 0.168. The minimum absolute atomic E-state index is 0. The van der Waals surface area contributed by atoms with Crippen LogP contribution in [0.4, 0.5) is 4.39 Å². The lowest BCUT2D eigenvalue weighted by molar-refractivity contribution is 0.173. The van der Waals surface area contributed by atoms with E-state index in [0.717, 1.165) is 6.54 Å². The molecule has 1 fully saturated rings. The summed E-state index contributed by atoms with van der Waals surface area (Å²) in [6.07, 6.45) is 0. The highest BCUT2D eigenvalue weighted by atomic mass is 35.5. The molecule has 0 aromatic heterocycles. The summed E-state index contributed by atoms with van der Waals surface area (Å²) >= 11 is 11.8. The predicted molar refractivity (Wildman–Crippen MR) is 48.5 cm³/mol. The maximum atomic E-state index is 11.9. The number of rotatable bonds is 2. The molecule has 1 heterocycles. The number of hydrogen-bond acceptors (Lipinski definition) is 2. The van der Waals surface area contributed by atoms with Crippen molar-refractivity contribution < 1.29 is 9.87 Å². The lowest BCUT2D eigenvalue weighted by Crippen LogP contribution is -2.55. The van der Waals surface area contributed by atoms with Crippen LogP contribution in [-0.4, -0.2) is 47.7 Å². The maximum Gasteiger partial charge on any atom is 0.183 e. The molecular weight excluding hydrogens is 206 g/mol. The van der Waals surface area contributed by atoms with Crippen LogP contribution >= 0.6 is 23.2 Å². The lowest BCUT2D eigenvalue weighted by atomic mass is 10.3. The van der Waals surface area contributed by atoms with Gasteiger partial charge >= 0.3 is 0 Å². The first-order valence-electron chi connectivity index (χ1n) is 3.56. The summed E-state index contributed by atoms with van der Waals surface area (Å²) in [5.74, 6) is 0. The standard InChI is InChI=1S/C6H11Cl2FN2.H2O/c7-6(8)5-10-2-4-11(6)3-1-9;/h10H,1-5H2;1H2. The SMILES string of the molecule is FCCN1CCNCC1(Cl)Cl.O. The molecule has 0 aliphatic carbocycles. The molecule has 1 rings (SSSR count). The average molecular weight is 219 g/mol. The van der Waals surface area contributed by atoms with Gasteiger partial charge in [0.1, 0.15) is 6.67 Å². The molecule has 0 amide bonds. The second kappa shape index (κ2) is 5.19. The second-order valence-corrected chi connectivity index (χ2v) is 3.96. The van der Waals surface area contributed by atoms with Crippen LogP contribution in [0.2, 0.25) is 0 Å². The van der Waals surface area contributed by atoms with E-state index in [1.54, 1.807) is 4.90 Å². The first kappa shape index (κ1) is 12.4. The molecule has 1 aliphatic heterocycles. The van der Waals surface area contributed by atoms with Crippen LogP contribution < -0.4 is 5.32 Å². The molecule has 0 unspecified atom stereocenters. The first-order valence-corrected chi connectivity index (χ1v) is 4.32. The molecule has 1 saturated heterocycles. The number of nitrogens with zero attached hydrogens (tertiary/aromatic N) is 1. The Morgan fingerprint density at radius 2 is 2.17 bits per heavy atom. The molecule has 6 heteroatoms. The largest absolute Gasteiger partial charge is 0.412 e. The highest BCUT2D eigenvalue weighted by Gasteiger charge is 2.34. The fraction of sp³-hybridized carbons (Fsp3) is 1.00. The smallest absolute Gasteiger partial charge is 0.183 e. The number of piperazine rings is 1. The Kier molecular flexibility index (Phi) is 5.36. The van der Waals surface area contributed by atoms with E-state index in [0.29, 0.717) is 19.6 Å². The van der Waals surface area contributed by atoms with Crippen LogP contribution in [0.25, 0.3) is 0 Å². The molecule has 1 aliphatic rings. The van der Waals surface area contributed by atoms with Gasteiger partial charge in [-0.05, 0) is 0 Å². The minimum Gasteiger partial charge on any atom is -0.412 e. The zero-order chi connectivity index (χ0) is 8.32. The van der Waals surface area contributed by atoms with Crippen molar-refractivity contribution >= 4 is 23.2 Å². The van der Waals surface area contributed by atoms with Gasteiger partial charge in [-0.3, -0.25) is 4.90 Å². The Labute approximate surface area is 81.1 Å². The molecule has 0 saturated carbocycles. The summed E-state index contributed by atoms with van der Waals surface area (Å²) < 4.78 is 11.0. The van der Waals surface area contributed by atoms with Crippen LogP contribution in [0.3, 0.4) is 0 Å². The number of nitrogens with one attached hydrogen (secondary N) is 1. The van der Waals surface area contributed by atoms with Gasteiger partial charge in [-0.25, -0.2) is 4.39 Å². The normalized spacial score (nSPS) is 23.2. The Hall–Kier alpha value is 0.390. The molecule has 0 radical (unpaired) electrons. The fourth-order valence-electron chi connectivity index (χ4n) is 1.11. The molecule has 0 aromatic rings. The zero-order valence-corrected chi connectivity index (χ0v) is 8.13. The van der Waals surface area contributed by atoms with Crippen molar-refractivity contribution in [1.82, 2.24) is 10.2 Å². The summed E-state index contributed by atoms with van der Waals surface area (Å²) in [6.45, 7) is 1.93. The van der Waals surface area contributed by atoms with Crippen molar-refractivity contribution in [1.29, 1.82) is 0 Å². The van der Waals surface area contributed by atoms with Crippen molar-refractivity contribution in [2.45, 2.75) is 4.46 Å². The number of alkyl halides is 3. The van der Waals surface area contributed by atoms with Gasteiger partial charge < -0.3 is 10.8 Å². The molecule has 0 atom stereocenters. The Bertz CT molecular complexity index is 135. The van der Waals surface area contributed by atoms with Gasteiger partial charge in [-0.15, -0.1) is 0 Å². The van der Waals surface area contributed by atoms with Gasteiger partial charge in [0.15, 0.2) is 4.46 Å². The van der Waals surface area contributed by atoms with Gasteiger partial charge in [-0.1, -0.05) is 23.2 Å². The van der Waals surface area contributed by atoms with Gasteiger partial charge in [0.05, 0.1) is 0 Å². The van der Waals surface area contributed by atoms with E-state index in [4.69, 9.17) is 23.2 Å². The molecule has 0 bridgehead atoms. The van der Waals surface area contributed by atoms with Crippen molar-refractivity contribution in [3.63, 3.8) is 0 Å². The molecule has 3 N–H and O–H groups in total. The van der Waals surface area contributed by atoms with E-state index in [-0.39, 0.29) is 5.48 Å². The zero-order valence-electron chi connectivity index (χ0n) is 6.62. The van der Waals surface area contributed by atoms with Gasteiger partial charge in [0.2, 0.25) is 0 Å². The first-order chi connectivity index (χ1) is 5.17. The Morgan fingerprint density at radius 3 is 2.67 bits per heavy atom. The molecule has 0 aromatic carbocycles. The number of hydrogen-bond donors (Lipinski definition) is 1. The summed E-state index contributed by atoms with van der Waals surface area (Å²) in [5.41, 5.74) is 0. The Morgan fingerprint density at radius 1 is 1.50 bits per heavy atom. The average Bonchev–Trinajstić information content (AvgIpc) is 1.94. The minimum atomic E-state index is -0.926. The molecule has 12 heavy (non-hydrogen) atoms. The highest BCUT2D eigenvalue weighted by Crippen LogP contribution is 2.26. The van der Waals surface area contributed by atoms with Crippen molar-refractivity contribution in [2.24, 2.45) is 0 Å². The summed E-state index contributed by atoms with van der Waals surface area (Å²) in [7, 11) is 0. The third-order valence-electron chi connectivity index (χ3n) is 1.71. The van der Waals surface area contributed by atoms with Crippen molar-refractivity contribution in [3.8, 4) is 0 Å². The summed E-state index contributed by atoms with van der Waals surface area (Å²) in [4.78, 5) is 1.73. The summed E-state index contributed by atoms with van der Waals surface area (Å²) in [6, 6.07) is 0. The monoisotopic (exact) mass is 218 g/mol. The lowest BCUT2D eigenvalue weighted by Gasteiger charge is -2.37. The van der Waals surface area contributed by atoms with Gasteiger partial charge in [0, 0.05) is 26.2 Å². The fourth-order valence-corrected chi connectivity index (χ4v) is 1.63. The van der Waals surface area contributed by atoms with Crippen LogP contribution in [0.1, 0.15) is 0 Å². The van der Waals surface area contributed by atoms with Crippen LogP contribution in [-0.2, 0) is 0 Å². The van der Waals surface area contributed by atoms with Crippen LogP contribution in [0.5, 0.6) is 0 Å². The topological polar surface area (TPSA) is 46.8 Å². The Balaban J connectivity index is 0.00000121. The van der Waals surface area contributed by atoms with E-state index < -0.39 is 11.1 Å². The maximum absolute atomic E-state index is 11.9. The van der Waals surface area contributed by atoms with Crippen LogP contribution in [0, 0.1) is 0 Å². The molecule has 74 valence electrons. The molecule has 0 spiro atoms. The van der Waals surface area contributed by atoms with E-state index in [1.807, 2.05) is 0 Å². The summed E-state index contributed by atoms with van der Waals surface area (Å²) in [5, 5.41) is 3.04. The van der Waals surface area contributed by atoms with Gasteiger partial charge in [-0.2, -0.15) is 0 Å². The van der Waals surface area contributed by atoms with Crippen LogP contribution in [0.15, 0.2) is 0 Å². The van der Waals surface area contributed by atoms with Gasteiger partial charge in [0.25, 0.3) is 0 Å². The van der Waals surface area contributed by atoms with Crippen molar-refractivity contribution in [2.75, 3.05) is 32.9 Å².